The number of nitrogens with zero attached hydrogens (tertiary/aromatic N) is 1. The maximum absolute atomic E-state index is 13.5. The van der Waals surface area contributed by atoms with Gasteiger partial charge in [-0.1, -0.05) is 13.8 Å². The van der Waals surface area contributed by atoms with Crippen LogP contribution >= 0.6 is 0 Å². The zero-order valence-electron chi connectivity index (χ0n) is 10.4. The van der Waals surface area contributed by atoms with Crippen LogP contribution < -0.4 is 5.73 Å². The van der Waals surface area contributed by atoms with E-state index in [1.54, 1.807) is 0 Å². The molecule has 0 bridgehead atoms. The van der Waals surface area contributed by atoms with Gasteiger partial charge in [0.25, 0.3) is 0 Å². The molecule has 0 aliphatic rings. The normalized spacial score (nSPS) is 11.5. The van der Waals surface area contributed by atoms with Crippen molar-refractivity contribution >= 4 is 0 Å². The molecule has 96 valence electrons. The molecule has 1 aromatic rings. The number of halogens is 2. The van der Waals surface area contributed by atoms with Crippen molar-refractivity contribution in [1.29, 1.82) is 0 Å². The van der Waals surface area contributed by atoms with Gasteiger partial charge in [0, 0.05) is 31.7 Å². The standard InChI is InChI=1S/C13H20F2N2/c1-10(2)8-17(6-5-16)9-11-7-12(14)3-4-13(11)15/h3-4,7,10H,5-6,8-9,16H2,1-2H3. The minimum Gasteiger partial charge on any atom is -0.329 e. The van der Waals surface area contributed by atoms with Gasteiger partial charge in [0.05, 0.1) is 0 Å². The molecule has 0 heterocycles. The van der Waals surface area contributed by atoms with E-state index in [-0.39, 0.29) is 5.82 Å². The van der Waals surface area contributed by atoms with Gasteiger partial charge >= 0.3 is 0 Å². The Kier molecular flexibility index (Phi) is 5.51. The first-order chi connectivity index (χ1) is 8.02. The molecule has 0 aliphatic carbocycles. The molecule has 1 rings (SSSR count). The minimum atomic E-state index is -0.404. The number of rotatable bonds is 6. The Hall–Kier alpha value is -1.00. The van der Waals surface area contributed by atoms with Crippen LogP contribution in [0, 0.1) is 17.6 Å². The topological polar surface area (TPSA) is 29.3 Å². The molecule has 4 heteroatoms. The van der Waals surface area contributed by atoms with Crippen molar-refractivity contribution in [3.63, 3.8) is 0 Å². The molecule has 0 unspecified atom stereocenters. The van der Waals surface area contributed by atoms with Gasteiger partial charge in [-0.05, 0) is 24.1 Å². The Balaban J connectivity index is 2.74. The lowest BCUT2D eigenvalue weighted by Crippen LogP contribution is -2.32. The smallest absolute Gasteiger partial charge is 0.127 e. The zero-order valence-corrected chi connectivity index (χ0v) is 10.4. The largest absolute Gasteiger partial charge is 0.329 e. The van der Waals surface area contributed by atoms with Crippen molar-refractivity contribution in [2.75, 3.05) is 19.6 Å². The molecule has 0 saturated heterocycles. The summed E-state index contributed by atoms with van der Waals surface area (Å²) in [7, 11) is 0. The minimum absolute atomic E-state index is 0.364. The Morgan fingerprint density at radius 3 is 2.59 bits per heavy atom. The molecule has 17 heavy (non-hydrogen) atoms. The van der Waals surface area contributed by atoms with Crippen LogP contribution in [0.25, 0.3) is 0 Å². The molecule has 2 N–H and O–H groups in total. The van der Waals surface area contributed by atoms with Gasteiger partial charge in [-0.25, -0.2) is 8.78 Å². The van der Waals surface area contributed by atoms with Crippen LogP contribution in [0.4, 0.5) is 8.78 Å². The quantitative estimate of drug-likeness (QED) is 0.830. The molecule has 2 nitrogen and oxygen atoms in total. The SMILES string of the molecule is CC(C)CN(CCN)Cc1cc(F)ccc1F. The van der Waals surface area contributed by atoms with Gasteiger partial charge in [-0.2, -0.15) is 0 Å². The fourth-order valence-electron chi connectivity index (χ4n) is 1.84. The maximum Gasteiger partial charge on any atom is 0.127 e. The molecule has 0 atom stereocenters. The summed E-state index contributed by atoms with van der Waals surface area (Å²) in [4.78, 5) is 2.04. The van der Waals surface area contributed by atoms with Crippen LogP contribution in [-0.2, 0) is 6.54 Å². The third-order valence-electron chi connectivity index (χ3n) is 2.47. The summed E-state index contributed by atoms with van der Waals surface area (Å²) >= 11 is 0. The molecular weight excluding hydrogens is 222 g/mol. The molecule has 1 aromatic carbocycles. The second kappa shape index (κ2) is 6.67. The van der Waals surface area contributed by atoms with Crippen LogP contribution in [0.5, 0.6) is 0 Å². The van der Waals surface area contributed by atoms with Crippen LogP contribution in [0.3, 0.4) is 0 Å². The maximum atomic E-state index is 13.5. The van der Waals surface area contributed by atoms with Crippen LogP contribution in [-0.4, -0.2) is 24.5 Å². The van der Waals surface area contributed by atoms with Crippen molar-refractivity contribution in [2.24, 2.45) is 11.7 Å². The molecule has 0 saturated carbocycles. The van der Waals surface area contributed by atoms with Crippen LogP contribution in [0.15, 0.2) is 18.2 Å². The van der Waals surface area contributed by atoms with E-state index in [0.717, 1.165) is 12.6 Å². The summed E-state index contributed by atoms with van der Waals surface area (Å²) in [5.74, 6) is -0.297. The van der Waals surface area contributed by atoms with E-state index < -0.39 is 5.82 Å². The first-order valence-corrected chi connectivity index (χ1v) is 5.89. The highest BCUT2D eigenvalue weighted by Crippen LogP contribution is 2.13. The van der Waals surface area contributed by atoms with E-state index in [0.29, 0.717) is 31.1 Å². The van der Waals surface area contributed by atoms with E-state index in [4.69, 9.17) is 5.73 Å². The summed E-state index contributed by atoms with van der Waals surface area (Å²) in [6.45, 7) is 6.61. The molecule has 0 aromatic heterocycles. The molecule has 0 fully saturated rings. The molecule has 0 spiro atoms. The van der Waals surface area contributed by atoms with Crippen LogP contribution in [0.1, 0.15) is 19.4 Å². The van der Waals surface area contributed by atoms with E-state index in [2.05, 4.69) is 13.8 Å². The Labute approximate surface area is 101 Å². The molecule has 0 aliphatic heterocycles. The fourth-order valence-corrected chi connectivity index (χ4v) is 1.84. The Morgan fingerprint density at radius 1 is 1.29 bits per heavy atom. The van der Waals surface area contributed by atoms with E-state index >= 15 is 0 Å². The van der Waals surface area contributed by atoms with Crippen molar-refractivity contribution < 1.29 is 8.78 Å². The summed E-state index contributed by atoms with van der Waals surface area (Å²) in [6.07, 6.45) is 0. The van der Waals surface area contributed by atoms with Crippen molar-refractivity contribution in [3.8, 4) is 0 Å². The lowest BCUT2D eigenvalue weighted by atomic mass is 10.1. The van der Waals surface area contributed by atoms with E-state index in [9.17, 15) is 8.78 Å². The highest BCUT2D eigenvalue weighted by atomic mass is 19.1. The third-order valence-corrected chi connectivity index (χ3v) is 2.47. The fraction of sp³-hybridized carbons (Fsp3) is 0.538. The van der Waals surface area contributed by atoms with Gasteiger partial charge in [0.2, 0.25) is 0 Å². The number of hydrogen-bond donors (Lipinski definition) is 1. The van der Waals surface area contributed by atoms with Crippen molar-refractivity contribution in [2.45, 2.75) is 20.4 Å². The average molecular weight is 242 g/mol. The number of nitrogens with two attached hydrogens (primary N) is 1. The summed E-state index contributed by atoms with van der Waals surface area (Å²) in [5, 5.41) is 0. The summed E-state index contributed by atoms with van der Waals surface area (Å²) in [6, 6.07) is 3.55. The summed E-state index contributed by atoms with van der Waals surface area (Å²) < 4.78 is 26.5. The Bertz CT molecular complexity index is 353. The van der Waals surface area contributed by atoms with Crippen molar-refractivity contribution in [1.82, 2.24) is 4.90 Å². The zero-order chi connectivity index (χ0) is 12.8. The summed E-state index contributed by atoms with van der Waals surface area (Å²) in [5.41, 5.74) is 5.91. The first kappa shape index (κ1) is 14.1. The first-order valence-electron chi connectivity index (χ1n) is 5.89. The van der Waals surface area contributed by atoms with Gasteiger partial charge in [0.15, 0.2) is 0 Å². The predicted octanol–water partition coefficient (Wildman–Crippen LogP) is 2.38. The lowest BCUT2D eigenvalue weighted by Gasteiger charge is -2.23. The average Bonchev–Trinajstić information content (AvgIpc) is 2.23. The lowest BCUT2D eigenvalue weighted by molar-refractivity contribution is 0.239. The molecule has 0 radical (unpaired) electrons. The van der Waals surface area contributed by atoms with Gasteiger partial charge in [0.1, 0.15) is 11.6 Å². The van der Waals surface area contributed by atoms with Crippen LogP contribution in [0.2, 0.25) is 0 Å². The van der Waals surface area contributed by atoms with Gasteiger partial charge in [-0.15, -0.1) is 0 Å². The number of hydrogen-bond acceptors (Lipinski definition) is 2. The molecule has 0 amide bonds. The predicted molar refractivity (Wildman–Crippen MR) is 65.5 cm³/mol. The second-order valence-electron chi connectivity index (χ2n) is 4.65. The monoisotopic (exact) mass is 242 g/mol. The van der Waals surface area contributed by atoms with E-state index in [1.807, 2.05) is 4.90 Å². The van der Waals surface area contributed by atoms with E-state index in [1.165, 1.54) is 12.1 Å². The highest BCUT2D eigenvalue weighted by molar-refractivity contribution is 5.18. The third kappa shape index (κ3) is 4.79. The highest BCUT2D eigenvalue weighted by Gasteiger charge is 2.11. The second-order valence-corrected chi connectivity index (χ2v) is 4.65. The van der Waals surface area contributed by atoms with Gasteiger partial charge in [-0.3, -0.25) is 4.90 Å². The molecular formula is C13H20F2N2. The number of benzene rings is 1. The van der Waals surface area contributed by atoms with Gasteiger partial charge < -0.3 is 5.73 Å². The van der Waals surface area contributed by atoms with Crippen molar-refractivity contribution in [3.05, 3.63) is 35.4 Å². The Morgan fingerprint density at radius 2 is 2.00 bits per heavy atom.